The van der Waals surface area contributed by atoms with Crippen LogP contribution in [-0.2, 0) is 16.1 Å². The van der Waals surface area contributed by atoms with Gasteiger partial charge in [-0.25, -0.2) is 0 Å². The molecule has 1 aliphatic carbocycles. The summed E-state index contributed by atoms with van der Waals surface area (Å²) in [5, 5.41) is 14.1. The molecule has 2 saturated heterocycles. The summed E-state index contributed by atoms with van der Waals surface area (Å²) in [5.41, 5.74) is 0.244. The fraction of sp³-hybridized carbons (Fsp3) is 0.500. The van der Waals surface area contributed by atoms with Crippen LogP contribution in [0.15, 0.2) is 54.6 Å². The van der Waals surface area contributed by atoms with Gasteiger partial charge in [-0.2, -0.15) is 0 Å². The topological polar surface area (TPSA) is 82.1 Å². The van der Waals surface area contributed by atoms with Gasteiger partial charge in [-0.05, 0) is 68.4 Å². The number of carbonyl (C=O) groups excluding carboxylic acids is 2. The molecule has 3 fully saturated rings. The minimum atomic E-state index is -0.923. The molecule has 2 N–H and O–H groups in total. The summed E-state index contributed by atoms with van der Waals surface area (Å²) in [5.74, 6) is 7.20. The highest BCUT2D eigenvalue weighted by atomic mass is 35.5. The maximum absolute atomic E-state index is 13.7. The molecule has 2 amide bonds. The van der Waals surface area contributed by atoms with E-state index in [1.54, 1.807) is 11.8 Å². The van der Waals surface area contributed by atoms with Crippen molar-refractivity contribution in [3.05, 3.63) is 60.2 Å². The van der Waals surface area contributed by atoms with Crippen LogP contribution in [0, 0.1) is 17.8 Å². The Bertz CT molecular complexity index is 1200. The van der Waals surface area contributed by atoms with Crippen molar-refractivity contribution in [2.75, 3.05) is 19.6 Å². The highest BCUT2D eigenvalue weighted by Crippen LogP contribution is 2.36. The van der Waals surface area contributed by atoms with E-state index in [2.05, 4.69) is 34.2 Å². The zero-order valence-electron chi connectivity index (χ0n) is 23.2. The molecule has 2 heterocycles. The Kier molecular flexibility index (Phi) is 10.1. The number of aliphatic hydroxyl groups excluding tert-OH is 1. The fourth-order valence-corrected chi connectivity index (χ4v) is 6.33. The van der Waals surface area contributed by atoms with Crippen LogP contribution < -0.4 is 10.1 Å². The Labute approximate surface area is 243 Å². The number of piperazine rings is 1. The molecular weight excluding hydrogens is 526 g/mol. The first kappa shape index (κ1) is 29.9. The number of amides is 2. The van der Waals surface area contributed by atoms with Gasteiger partial charge in [0, 0.05) is 19.6 Å². The minimum Gasteiger partial charge on any atom is -0.457 e. The number of aliphatic hydroxyl groups is 1. The molecule has 2 aromatic rings. The standard InChI is InChI=1S/C32H39N3O4.ClH/c1-2-3-20-35-30(37)28(29(36)25-10-6-4-7-11-25)33-31(38)32(35)18-21-34(22-19-32)23-24-14-16-27(17-15-24)39-26-12-8-5-9-13-26;/h5,8-9,12-17,25,28-29,36H,4,6-7,10-11,18-23H2,1H3,(H,33,38);1H/t28-,29-;/m1./s1. The number of nitrogens with zero attached hydrogens (tertiary/aromatic N) is 2. The molecule has 40 heavy (non-hydrogen) atoms. The Morgan fingerprint density at radius 3 is 2.30 bits per heavy atom. The number of likely N-dealkylation sites (tertiary alicyclic amines) is 1. The second-order valence-electron chi connectivity index (χ2n) is 11.1. The molecule has 1 spiro atoms. The summed E-state index contributed by atoms with van der Waals surface area (Å²) < 4.78 is 5.90. The average Bonchev–Trinajstić information content (AvgIpc) is 2.98. The van der Waals surface area contributed by atoms with Crippen molar-refractivity contribution in [1.29, 1.82) is 0 Å². The molecule has 0 radical (unpaired) electrons. The number of halogens is 1. The highest BCUT2D eigenvalue weighted by molar-refractivity contribution is 6.00. The maximum Gasteiger partial charge on any atom is 0.249 e. The second-order valence-corrected chi connectivity index (χ2v) is 11.1. The minimum absolute atomic E-state index is 0. The first-order valence-electron chi connectivity index (χ1n) is 14.2. The van der Waals surface area contributed by atoms with E-state index in [0.717, 1.165) is 50.1 Å². The van der Waals surface area contributed by atoms with Gasteiger partial charge in [-0.1, -0.05) is 55.5 Å². The number of nitrogens with one attached hydrogen (secondary N) is 1. The maximum atomic E-state index is 13.7. The lowest BCUT2D eigenvalue weighted by atomic mass is 9.78. The van der Waals surface area contributed by atoms with E-state index in [1.807, 2.05) is 42.5 Å². The van der Waals surface area contributed by atoms with Gasteiger partial charge in [0.2, 0.25) is 11.8 Å². The second kappa shape index (κ2) is 13.5. The summed E-state index contributed by atoms with van der Waals surface area (Å²) in [6.45, 7) is 4.09. The third-order valence-corrected chi connectivity index (χ3v) is 8.64. The molecular formula is C32H40ClN3O4. The lowest BCUT2D eigenvalue weighted by Gasteiger charge is -2.52. The molecule has 2 atom stereocenters. The molecule has 2 aromatic carbocycles. The van der Waals surface area contributed by atoms with Crippen molar-refractivity contribution in [3.8, 4) is 23.3 Å². The monoisotopic (exact) mass is 565 g/mol. The molecule has 8 heteroatoms. The van der Waals surface area contributed by atoms with Crippen molar-refractivity contribution in [1.82, 2.24) is 15.1 Å². The van der Waals surface area contributed by atoms with Crippen LogP contribution in [0.5, 0.6) is 11.5 Å². The van der Waals surface area contributed by atoms with Crippen LogP contribution in [0.1, 0.15) is 57.4 Å². The largest absolute Gasteiger partial charge is 0.457 e. The molecule has 5 rings (SSSR count). The summed E-state index contributed by atoms with van der Waals surface area (Å²) >= 11 is 0. The number of rotatable bonds is 7. The zero-order valence-corrected chi connectivity index (χ0v) is 24.0. The lowest BCUT2D eigenvalue weighted by Crippen LogP contribution is -2.75. The summed E-state index contributed by atoms with van der Waals surface area (Å²) in [6, 6.07) is 16.9. The van der Waals surface area contributed by atoms with Gasteiger partial charge in [0.15, 0.2) is 0 Å². The van der Waals surface area contributed by atoms with Crippen LogP contribution in [0.3, 0.4) is 0 Å². The van der Waals surface area contributed by atoms with E-state index in [9.17, 15) is 14.7 Å². The molecule has 214 valence electrons. The van der Waals surface area contributed by atoms with Crippen molar-refractivity contribution in [2.45, 2.75) is 76.1 Å². The third kappa shape index (κ3) is 6.46. The Morgan fingerprint density at radius 2 is 1.65 bits per heavy atom. The van der Waals surface area contributed by atoms with Crippen molar-refractivity contribution in [3.63, 3.8) is 0 Å². The molecule has 0 unspecified atom stereocenters. The van der Waals surface area contributed by atoms with E-state index < -0.39 is 17.7 Å². The van der Waals surface area contributed by atoms with Crippen molar-refractivity contribution in [2.24, 2.45) is 5.92 Å². The molecule has 1 saturated carbocycles. The Hall–Kier alpha value is -3.05. The highest BCUT2D eigenvalue weighted by Gasteiger charge is 2.55. The van der Waals surface area contributed by atoms with Gasteiger partial charge in [0.1, 0.15) is 23.1 Å². The summed E-state index contributed by atoms with van der Waals surface area (Å²) in [7, 11) is 0. The summed E-state index contributed by atoms with van der Waals surface area (Å²) in [4.78, 5) is 31.4. The van der Waals surface area contributed by atoms with Crippen LogP contribution in [0.25, 0.3) is 0 Å². The van der Waals surface area contributed by atoms with E-state index in [4.69, 9.17) is 4.74 Å². The van der Waals surface area contributed by atoms with Crippen LogP contribution >= 0.6 is 12.4 Å². The number of piperidine rings is 1. The van der Waals surface area contributed by atoms with Crippen LogP contribution in [-0.4, -0.2) is 64.0 Å². The van der Waals surface area contributed by atoms with E-state index in [0.29, 0.717) is 25.9 Å². The Balaban J connectivity index is 0.00000370. The first-order chi connectivity index (χ1) is 19.0. The molecule has 2 aliphatic heterocycles. The number of carbonyl (C=O) groups is 2. The molecule has 0 bridgehead atoms. The van der Waals surface area contributed by atoms with Crippen molar-refractivity contribution < 1.29 is 19.4 Å². The number of benzene rings is 2. The van der Waals surface area contributed by atoms with Gasteiger partial charge in [0.25, 0.3) is 0 Å². The molecule has 7 nitrogen and oxygen atoms in total. The summed E-state index contributed by atoms with van der Waals surface area (Å²) in [6.07, 6.45) is 5.30. The van der Waals surface area contributed by atoms with Gasteiger partial charge >= 0.3 is 0 Å². The molecule has 0 aromatic heterocycles. The number of hydrogen-bond donors (Lipinski definition) is 2. The SMILES string of the molecule is CC#CCN1C(=O)[C@@H]([C@H](O)C2CCCCC2)NC(=O)C12CCN(Cc1ccc(Oc3ccccc3)cc1)CC2.Cl. The zero-order chi connectivity index (χ0) is 27.2. The van der Waals surface area contributed by atoms with Gasteiger partial charge in [-0.15, -0.1) is 18.3 Å². The van der Waals surface area contributed by atoms with Gasteiger partial charge in [0.05, 0.1) is 12.6 Å². The lowest BCUT2D eigenvalue weighted by molar-refractivity contribution is -0.164. The quantitative estimate of drug-likeness (QED) is 0.482. The average molecular weight is 566 g/mol. The number of hydrogen-bond acceptors (Lipinski definition) is 5. The predicted molar refractivity (Wildman–Crippen MR) is 157 cm³/mol. The van der Waals surface area contributed by atoms with Gasteiger partial charge < -0.3 is 20.1 Å². The van der Waals surface area contributed by atoms with Gasteiger partial charge in [-0.3, -0.25) is 14.5 Å². The third-order valence-electron chi connectivity index (χ3n) is 8.64. The fourth-order valence-electron chi connectivity index (χ4n) is 6.33. The number of ether oxygens (including phenoxy) is 1. The smallest absolute Gasteiger partial charge is 0.249 e. The molecule has 3 aliphatic rings. The van der Waals surface area contributed by atoms with Crippen LogP contribution in [0.4, 0.5) is 0 Å². The van der Waals surface area contributed by atoms with E-state index >= 15 is 0 Å². The Morgan fingerprint density at radius 1 is 1.00 bits per heavy atom. The van der Waals surface area contributed by atoms with Crippen molar-refractivity contribution >= 4 is 24.2 Å². The number of para-hydroxylation sites is 1. The van der Waals surface area contributed by atoms with Crippen LogP contribution in [0.2, 0.25) is 0 Å². The normalized spacial score (nSPS) is 22.1. The first-order valence-corrected chi connectivity index (χ1v) is 14.2. The van der Waals surface area contributed by atoms with E-state index in [-0.39, 0.29) is 36.7 Å². The van der Waals surface area contributed by atoms with E-state index in [1.165, 1.54) is 5.56 Å². The predicted octanol–water partition coefficient (Wildman–Crippen LogP) is 4.53.